The first-order valence-corrected chi connectivity index (χ1v) is 6.57. The lowest BCUT2D eigenvalue weighted by atomic mass is 10.0. The van der Waals surface area contributed by atoms with E-state index in [1.807, 2.05) is 0 Å². The van der Waals surface area contributed by atoms with E-state index in [2.05, 4.69) is 21.9 Å². The molecular weight excluding hydrogens is 228 g/mol. The fraction of sp³-hybridized carbons (Fsp3) is 0.538. The number of hydrogen-bond donors (Lipinski definition) is 1. The van der Waals surface area contributed by atoms with E-state index in [1.165, 1.54) is 12.8 Å². The first-order valence-electron chi connectivity index (χ1n) is 6.57. The Hall–Kier alpha value is -1.62. The quantitative estimate of drug-likeness (QED) is 0.880. The highest BCUT2D eigenvalue weighted by Crippen LogP contribution is 2.28. The Labute approximate surface area is 106 Å². The van der Waals surface area contributed by atoms with Gasteiger partial charge in [-0.2, -0.15) is 0 Å². The summed E-state index contributed by atoms with van der Waals surface area (Å²) in [6, 6.07) is 3.77. The Morgan fingerprint density at radius 1 is 1.39 bits per heavy atom. The van der Waals surface area contributed by atoms with Gasteiger partial charge in [0, 0.05) is 0 Å². The van der Waals surface area contributed by atoms with Crippen LogP contribution in [-0.4, -0.2) is 37.7 Å². The molecule has 1 aliphatic heterocycles. The number of fused-ring (bicyclic) bond motifs is 1. The van der Waals surface area contributed by atoms with Crippen molar-refractivity contribution in [1.82, 2.24) is 19.5 Å². The van der Waals surface area contributed by atoms with Crippen LogP contribution < -0.4 is 0 Å². The molecule has 1 fully saturated rings. The SMILES string of the molecule is CCN1CCCCC1c1nc2ccc(O)cn2n1. The van der Waals surface area contributed by atoms with E-state index in [-0.39, 0.29) is 5.75 Å². The smallest absolute Gasteiger partial charge is 0.168 e. The number of nitrogens with zero attached hydrogens (tertiary/aromatic N) is 4. The van der Waals surface area contributed by atoms with Gasteiger partial charge >= 0.3 is 0 Å². The summed E-state index contributed by atoms with van der Waals surface area (Å²) in [5.74, 6) is 1.09. The summed E-state index contributed by atoms with van der Waals surface area (Å²) < 4.78 is 1.66. The van der Waals surface area contributed by atoms with Crippen molar-refractivity contribution in [3.05, 3.63) is 24.2 Å². The molecule has 2 aromatic heterocycles. The molecule has 5 nitrogen and oxygen atoms in total. The normalized spacial score (nSPS) is 21.5. The zero-order chi connectivity index (χ0) is 12.5. The van der Waals surface area contributed by atoms with E-state index >= 15 is 0 Å². The van der Waals surface area contributed by atoms with Crippen LogP contribution in [0.4, 0.5) is 0 Å². The number of aromatic nitrogens is 3. The lowest BCUT2D eigenvalue weighted by Gasteiger charge is -2.32. The van der Waals surface area contributed by atoms with Crippen LogP contribution in [-0.2, 0) is 0 Å². The van der Waals surface area contributed by atoms with E-state index in [4.69, 9.17) is 0 Å². The lowest BCUT2D eigenvalue weighted by molar-refractivity contribution is 0.150. The minimum Gasteiger partial charge on any atom is -0.506 e. The van der Waals surface area contributed by atoms with Gasteiger partial charge < -0.3 is 5.11 Å². The van der Waals surface area contributed by atoms with Gasteiger partial charge in [0.15, 0.2) is 11.5 Å². The Kier molecular flexibility index (Phi) is 2.91. The molecule has 0 spiro atoms. The summed E-state index contributed by atoms with van der Waals surface area (Å²) in [4.78, 5) is 7.00. The van der Waals surface area contributed by atoms with Gasteiger partial charge in [0.25, 0.3) is 0 Å². The van der Waals surface area contributed by atoms with Gasteiger partial charge in [0.2, 0.25) is 0 Å². The van der Waals surface area contributed by atoms with Gasteiger partial charge in [-0.15, -0.1) is 5.10 Å². The minimum atomic E-state index is 0.218. The molecule has 0 saturated carbocycles. The molecule has 5 heteroatoms. The van der Waals surface area contributed by atoms with Crippen LogP contribution in [0.2, 0.25) is 0 Å². The zero-order valence-corrected chi connectivity index (χ0v) is 10.6. The fourth-order valence-electron chi connectivity index (χ4n) is 2.69. The van der Waals surface area contributed by atoms with Crippen LogP contribution in [0.25, 0.3) is 5.65 Å². The molecule has 0 bridgehead atoms. The van der Waals surface area contributed by atoms with Crippen molar-refractivity contribution in [3.63, 3.8) is 0 Å². The van der Waals surface area contributed by atoms with Crippen LogP contribution in [0.1, 0.15) is 38.1 Å². The molecule has 0 amide bonds. The second kappa shape index (κ2) is 4.57. The van der Waals surface area contributed by atoms with Gasteiger partial charge in [0.05, 0.1) is 12.2 Å². The van der Waals surface area contributed by atoms with Crippen LogP contribution >= 0.6 is 0 Å². The van der Waals surface area contributed by atoms with Crippen LogP contribution in [0.5, 0.6) is 5.75 Å². The van der Waals surface area contributed by atoms with E-state index in [9.17, 15) is 5.11 Å². The van der Waals surface area contributed by atoms with Gasteiger partial charge in [-0.05, 0) is 38.1 Å². The molecule has 3 rings (SSSR count). The van der Waals surface area contributed by atoms with Crippen LogP contribution in [0.15, 0.2) is 18.3 Å². The highest BCUT2D eigenvalue weighted by atomic mass is 16.3. The van der Waals surface area contributed by atoms with Gasteiger partial charge in [-0.1, -0.05) is 13.3 Å². The average Bonchev–Trinajstić information content (AvgIpc) is 2.81. The number of likely N-dealkylation sites (tertiary alicyclic amines) is 1. The molecule has 18 heavy (non-hydrogen) atoms. The van der Waals surface area contributed by atoms with Crippen molar-refractivity contribution in [2.45, 2.75) is 32.2 Å². The highest BCUT2D eigenvalue weighted by Gasteiger charge is 2.26. The third-order valence-electron chi connectivity index (χ3n) is 3.65. The number of aromatic hydroxyl groups is 1. The van der Waals surface area contributed by atoms with E-state index in [0.29, 0.717) is 6.04 Å². The van der Waals surface area contributed by atoms with Gasteiger partial charge in [-0.3, -0.25) is 4.90 Å². The molecule has 0 radical (unpaired) electrons. The second-order valence-corrected chi connectivity index (χ2v) is 4.80. The summed E-state index contributed by atoms with van der Waals surface area (Å²) in [5.41, 5.74) is 0.796. The van der Waals surface area contributed by atoms with Gasteiger partial charge in [-0.25, -0.2) is 9.50 Å². The Morgan fingerprint density at radius 2 is 2.28 bits per heavy atom. The standard InChI is InChI=1S/C13H18N4O/c1-2-16-8-4-3-5-11(16)13-14-12-7-6-10(18)9-17(12)15-13/h6-7,9,11,18H,2-5,8H2,1H3. The third kappa shape index (κ3) is 1.95. The molecule has 0 aliphatic carbocycles. The predicted octanol–water partition coefficient (Wildman–Crippen LogP) is 1.98. The maximum Gasteiger partial charge on any atom is 0.168 e. The number of hydrogen-bond acceptors (Lipinski definition) is 4. The summed E-state index contributed by atoms with van der Waals surface area (Å²) >= 11 is 0. The van der Waals surface area contributed by atoms with Crippen molar-refractivity contribution < 1.29 is 5.11 Å². The van der Waals surface area contributed by atoms with Gasteiger partial charge in [0.1, 0.15) is 5.75 Å². The first kappa shape index (κ1) is 11.5. The van der Waals surface area contributed by atoms with E-state index in [0.717, 1.165) is 31.0 Å². The van der Waals surface area contributed by atoms with Crippen molar-refractivity contribution in [2.75, 3.05) is 13.1 Å². The molecule has 0 aromatic carbocycles. The molecule has 1 atom stereocenters. The van der Waals surface area contributed by atoms with E-state index in [1.54, 1.807) is 22.8 Å². The summed E-state index contributed by atoms with van der Waals surface area (Å²) in [6.45, 7) is 4.34. The zero-order valence-electron chi connectivity index (χ0n) is 10.6. The molecule has 3 heterocycles. The monoisotopic (exact) mass is 246 g/mol. The second-order valence-electron chi connectivity index (χ2n) is 4.80. The first-order chi connectivity index (χ1) is 8.78. The largest absolute Gasteiger partial charge is 0.506 e. The average molecular weight is 246 g/mol. The summed E-state index contributed by atoms with van der Waals surface area (Å²) in [6.07, 6.45) is 5.22. The number of pyridine rings is 1. The molecule has 1 aliphatic rings. The lowest BCUT2D eigenvalue weighted by Crippen LogP contribution is -2.33. The Balaban J connectivity index is 1.97. The minimum absolute atomic E-state index is 0.218. The molecular formula is C13H18N4O. The van der Waals surface area contributed by atoms with Crippen molar-refractivity contribution in [2.24, 2.45) is 0 Å². The maximum absolute atomic E-state index is 9.45. The van der Waals surface area contributed by atoms with E-state index < -0.39 is 0 Å². The van der Waals surface area contributed by atoms with Crippen molar-refractivity contribution in [1.29, 1.82) is 0 Å². The number of piperidine rings is 1. The highest BCUT2D eigenvalue weighted by molar-refractivity contribution is 5.40. The summed E-state index contributed by atoms with van der Waals surface area (Å²) in [5, 5.41) is 13.9. The van der Waals surface area contributed by atoms with Crippen molar-refractivity contribution in [3.8, 4) is 5.75 Å². The molecule has 2 aromatic rings. The third-order valence-corrected chi connectivity index (χ3v) is 3.65. The topological polar surface area (TPSA) is 53.7 Å². The molecule has 96 valence electrons. The van der Waals surface area contributed by atoms with Crippen LogP contribution in [0.3, 0.4) is 0 Å². The predicted molar refractivity (Wildman–Crippen MR) is 68.5 cm³/mol. The maximum atomic E-state index is 9.45. The molecule has 1 unspecified atom stereocenters. The molecule has 1 saturated heterocycles. The Bertz CT molecular complexity index is 551. The molecule has 1 N–H and O–H groups in total. The number of rotatable bonds is 2. The van der Waals surface area contributed by atoms with Crippen molar-refractivity contribution >= 4 is 5.65 Å². The van der Waals surface area contributed by atoms with Crippen LogP contribution in [0, 0.1) is 0 Å². The fourth-order valence-corrected chi connectivity index (χ4v) is 2.69. The Morgan fingerprint density at radius 3 is 3.11 bits per heavy atom. The summed E-state index contributed by atoms with van der Waals surface area (Å²) in [7, 11) is 0.